The minimum absolute atomic E-state index is 0.288. The molecule has 0 amide bonds. The summed E-state index contributed by atoms with van der Waals surface area (Å²) in [5.74, 6) is -0.595. The van der Waals surface area contributed by atoms with Crippen LogP contribution in [0.4, 0.5) is 0 Å². The molecule has 0 rings (SSSR count). The highest BCUT2D eigenvalue weighted by atomic mass is 16.4. The molecular formula is C7H15NO3. The van der Waals surface area contributed by atoms with Gasteiger partial charge in [0.1, 0.15) is 6.04 Å². The number of carbonyl (C=O) groups is 1. The van der Waals surface area contributed by atoms with Gasteiger partial charge < -0.3 is 10.2 Å². The van der Waals surface area contributed by atoms with Gasteiger partial charge >= 0.3 is 5.97 Å². The van der Waals surface area contributed by atoms with E-state index in [9.17, 15) is 4.79 Å². The van der Waals surface area contributed by atoms with Gasteiger partial charge in [-0.25, -0.2) is 0 Å². The Bertz CT molecular complexity index is 125. The zero-order valence-corrected chi connectivity index (χ0v) is 6.87. The van der Waals surface area contributed by atoms with Gasteiger partial charge in [0, 0.05) is 0 Å². The fraction of sp³-hybridized carbons (Fsp3) is 0.857. The molecule has 4 nitrogen and oxygen atoms in total. The smallest absolute Gasteiger partial charge is 0.320 e. The molecule has 0 radical (unpaired) electrons. The molecule has 0 spiro atoms. The predicted molar refractivity (Wildman–Crippen MR) is 41.1 cm³/mol. The summed E-state index contributed by atoms with van der Waals surface area (Å²) in [6, 6.07) is -0.625. The third kappa shape index (κ3) is 4.75. The van der Waals surface area contributed by atoms with E-state index in [4.69, 9.17) is 10.2 Å². The average molecular weight is 161 g/mol. The third-order valence-corrected chi connectivity index (χ3v) is 1.34. The summed E-state index contributed by atoms with van der Waals surface area (Å²) in [6.45, 7) is 3.59. The third-order valence-electron chi connectivity index (χ3n) is 1.34. The summed E-state index contributed by atoms with van der Waals surface area (Å²) in [7, 11) is 0. The Morgan fingerprint density at radius 3 is 2.36 bits per heavy atom. The molecule has 0 saturated heterocycles. The van der Waals surface area contributed by atoms with E-state index >= 15 is 0 Å². The van der Waals surface area contributed by atoms with Crippen molar-refractivity contribution >= 4 is 5.97 Å². The Kier molecular flexibility index (Phi) is 4.81. The first-order valence-corrected chi connectivity index (χ1v) is 3.65. The highest BCUT2D eigenvalue weighted by Crippen LogP contribution is 2.03. The molecule has 0 aliphatic heterocycles. The second kappa shape index (κ2) is 5.09. The van der Waals surface area contributed by atoms with Gasteiger partial charge in [-0.3, -0.25) is 10.1 Å². The summed E-state index contributed by atoms with van der Waals surface area (Å²) in [5.41, 5.74) is 0. The normalized spacial score (nSPS) is 13.5. The number of aliphatic carboxylic acids is 1. The van der Waals surface area contributed by atoms with Crippen molar-refractivity contribution in [2.24, 2.45) is 5.92 Å². The van der Waals surface area contributed by atoms with Crippen molar-refractivity contribution < 1.29 is 15.0 Å². The van der Waals surface area contributed by atoms with Gasteiger partial charge in [-0.05, 0) is 12.3 Å². The Morgan fingerprint density at radius 1 is 1.55 bits per heavy atom. The van der Waals surface area contributed by atoms with Crippen LogP contribution in [0.3, 0.4) is 0 Å². The summed E-state index contributed by atoms with van der Waals surface area (Å²) in [6.07, 6.45) is 0.538. The molecule has 0 aromatic rings. The molecule has 66 valence electrons. The van der Waals surface area contributed by atoms with Gasteiger partial charge in [0.25, 0.3) is 0 Å². The van der Waals surface area contributed by atoms with Crippen LogP contribution >= 0.6 is 0 Å². The lowest BCUT2D eigenvalue weighted by Gasteiger charge is -2.14. The number of nitrogens with one attached hydrogen (secondary N) is 1. The van der Waals surface area contributed by atoms with Crippen LogP contribution in [0.25, 0.3) is 0 Å². The van der Waals surface area contributed by atoms with Gasteiger partial charge in [-0.15, -0.1) is 0 Å². The molecule has 0 bridgehead atoms. The van der Waals surface area contributed by atoms with Crippen LogP contribution in [0.5, 0.6) is 0 Å². The Hall–Kier alpha value is -0.610. The fourth-order valence-corrected chi connectivity index (χ4v) is 0.853. The van der Waals surface area contributed by atoms with E-state index in [-0.39, 0.29) is 6.73 Å². The lowest BCUT2D eigenvalue weighted by Crippen LogP contribution is -2.38. The molecule has 0 aliphatic carbocycles. The summed E-state index contributed by atoms with van der Waals surface area (Å²) in [5, 5.41) is 19.5. The molecule has 0 aliphatic rings. The van der Waals surface area contributed by atoms with Crippen molar-refractivity contribution in [1.29, 1.82) is 0 Å². The van der Waals surface area contributed by atoms with Crippen LogP contribution in [0.15, 0.2) is 0 Å². The minimum atomic E-state index is -0.909. The first kappa shape index (κ1) is 10.4. The van der Waals surface area contributed by atoms with Crippen LogP contribution in [-0.4, -0.2) is 29.0 Å². The fourth-order valence-electron chi connectivity index (χ4n) is 0.853. The second-order valence-corrected chi connectivity index (χ2v) is 2.88. The molecule has 0 unspecified atom stereocenters. The van der Waals surface area contributed by atoms with Crippen molar-refractivity contribution in [1.82, 2.24) is 5.32 Å². The Labute approximate surface area is 66.2 Å². The number of carboxylic acid groups (broad SMARTS) is 1. The standard InChI is InChI=1S/C7H15NO3/c1-5(2)3-6(7(10)11)8-4-9/h5-6,8-9H,3-4H2,1-2H3,(H,10,11)/t6-/m0/s1. The molecule has 0 aromatic carbocycles. The molecule has 0 fully saturated rings. The van der Waals surface area contributed by atoms with E-state index in [1.54, 1.807) is 0 Å². The zero-order chi connectivity index (χ0) is 8.85. The van der Waals surface area contributed by atoms with Crippen molar-refractivity contribution in [2.45, 2.75) is 26.3 Å². The summed E-state index contributed by atoms with van der Waals surface area (Å²) < 4.78 is 0. The molecule has 4 heteroatoms. The second-order valence-electron chi connectivity index (χ2n) is 2.88. The number of hydrogen-bond acceptors (Lipinski definition) is 3. The van der Waals surface area contributed by atoms with Crippen molar-refractivity contribution in [3.8, 4) is 0 Å². The number of aliphatic hydroxyl groups is 1. The topological polar surface area (TPSA) is 69.6 Å². The van der Waals surface area contributed by atoms with Crippen molar-refractivity contribution in [2.75, 3.05) is 6.73 Å². The number of carboxylic acids is 1. The Morgan fingerprint density at radius 2 is 2.09 bits per heavy atom. The summed E-state index contributed by atoms with van der Waals surface area (Å²) in [4.78, 5) is 10.5. The van der Waals surface area contributed by atoms with Gasteiger partial charge in [-0.2, -0.15) is 0 Å². The van der Waals surface area contributed by atoms with Gasteiger partial charge in [-0.1, -0.05) is 13.8 Å². The van der Waals surface area contributed by atoms with Crippen LogP contribution in [-0.2, 0) is 4.79 Å². The van der Waals surface area contributed by atoms with Crippen LogP contribution < -0.4 is 5.32 Å². The molecule has 0 heterocycles. The molecule has 0 aromatic heterocycles. The number of hydrogen-bond donors (Lipinski definition) is 3. The lowest BCUT2D eigenvalue weighted by atomic mass is 10.0. The van der Waals surface area contributed by atoms with E-state index in [1.807, 2.05) is 13.8 Å². The lowest BCUT2D eigenvalue weighted by molar-refractivity contribution is -0.140. The maximum Gasteiger partial charge on any atom is 0.320 e. The van der Waals surface area contributed by atoms with Gasteiger partial charge in [0.15, 0.2) is 0 Å². The quantitative estimate of drug-likeness (QED) is 0.497. The monoisotopic (exact) mass is 161 g/mol. The average Bonchev–Trinajstić information content (AvgIpc) is 1.86. The van der Waals surface area contributed by atoms with E-state index in [0.29, 0.717) is 12.3 Å². The molecule has 3 N–H and O–H groups in total. The van der Waals surface area contributed by atoms with Crippen LogP contribution in [0.2, 0.25) is 0 Å². The van der Waals surface area contributed by atoms with E-state index in [0.717, 1.165) is 0 Å². The zero-order valence-electron chi connectivity index (χ0n) is 6.87. The van der Waals surface area contributed by atoms with Crippen LogP contribution in [0, 0.1) is 5.92 Å². The Balaban J connectivity index is 3.79. The predicted octanol–water partition coefficient (Wildman–Crippen LogP) is 0.0251. The molecule has 0 saturated carbocycles. The van der Waals surface area contributed by atoms with Crippen molar-refractivity contribution in [3.05, 3.63) is 0 Å². The van der Waals surface area contributed by atoms with Gasteiger partial charge in [0.2, 0.25) is 0 Å². The first-order chi connectivity index (χ1) is 5.07. The van der Waals surface area contributed by atoms with E-state index in [2.05, 4.69) is 5.32 Å². The highest BCUT2D eigenvalue weighted by Gasteiger charge is 2.16. The van der Waals surface area contributed by atoms with Gasteiger partial charge in [0.05, 0.1) is 6.73 Å². The minimum Gasteiger partial charge on any atom is -0.480 e. The maximum absolute atomic E-state index is 10.5. The van der Waals surface area contributed by atoms with E-state index in [1.165, 1.54) is 0 Å². The molecule has 1 atom stereocenters. The first-order valence-electron chi connectivity index (χ1n) is 3.65. The van der Waals surface area contributed by atoms with E-state index < -0.39 is 12.0 Å². The van der Waals surface area contributed by atoms with Crippen LogP contribution in [0.1, 0.15) is 20.3 Å². The number of rotatable bonds is 5. The SMILES string of the molecule is CC(C)C[C@H](NCO)C(=O)O. The van der Waals surface area contributed by atoms with Crippen molar-refractivity contribution in [3.63, 3.8) is 0 Å². The largest absolute Gasteiger partial charge is 0.480 e. The molecule has 11 heavy (non-hydrogen) atoms. The summed E-state index contributed by atoms with van der Waals surface area (Å²) >= 11 is 0. The maximum atomic E-state index is 10.5. The highest BCUT2D eigenvalue weighted by molar-refractivity contribution is 5.73. The molecular weight excluding hydrogens is 146 g/mol. The number of aliphatic hydroxyl groups excluding tert-OH is 1.